The van der Waals surface area contributed by atoms with Crippen LogP contribution in [0.15, 0.2) is 60.7 Å². The fourth-order valence-corrected chi connectivity index (χ4v) is 2.50. The zero-order valence-corrected chi connectivity index (χ0v) is 16.0. The maximum absolute atomic E-state index is 6.06. The molecule has 0 N–H and O–H groups in total. The smallest absolute Gasteiger partial charge is 0.118 e. The van der Waals surface area contributed by atoms with Crippen molar-refractivity contribution in [2.75, 3.05) is 14.2 Å². The zero-order chi connectivity index (χ0) is 18.8. The average molecular weight is 356 g/mol. The van der Waals surface area contributed by atoms with Gasteiger partial charge in [-0.25, -0.2) is 0 Å². The van der Waals surface area contributed by atoms with Gasteiger partial charge in [-0.3, -0.25) is 0 Å². The summed E-state index contributed by atoms with van der Waals surface area (Å²) in [6.07, 6.45) is 3.85. The first-order valence-corrected chi connectivity index (χ1v) is 8.78. The Labute approximate surface area is 156 Å². The maximum Gasteiger partial charge on any atom is 0.118 e. The molecule has 0 bridgehead atoms. The number of benzene rings is 2. The highest BCUT2D eigenvalue weighted by Gasteiger charge is 2.16. The fourth-order valence-electron chi connectivity index (χ4n) is 2.50. The Balaban J connectivity index is 1.87. The summed E-state index contributed by atoms with van der Waals surface area (Å²) in [6.45, 7) is 5.07. The molecule has 0 spiro atoms. The lowest BCUT2D eigenvalue weighted by molar-refractivity contribution is -0.0556. The van der Waals surface area contributed by atoms with Crippen LogP contribution in [0.3, 0.4) is 0 Å². The highest BCUT2D eigenvalue weighted by Crippen LogP contribution is 2.16. The summed E-state index contributed by atoms with van der Waals surface area (Å²) < 4.78 is 22.4. The van der Waals surface area contributed by atoms with Crippen molar-refractivity contribution < 1.29 is 18.9 Å². The van der Waals surface area contributed by atoms with E-state index in [0.29, 0.717) is 13.2 Å². The third-order valence-corrected chi connectivity index (χ3v) is 4.12. The van der Waals surface area contributed by atoms with Gasteiger partial charge in [-0.1, -0.05) is 36.4 Å². The molecule has 0 amide bonds. The van der Waals surface area contributed by atoms with Crippen LogP contribution in [0.2, 0.25) is 0 Å². The number of ether oxygens (including phenoxy) is 4. The van der Waals surface area contributed by atoms with Crippen LogP contribution in [-0.4, -0.2) is 26.4 Å². The largest absolute Gasteiger partial charge is 0.497 e. The van der Waals surface area contributed by atoms with Crippen molar-refractivity contribution in [2.24, 2.45) is 0 Å². The summed E-state index contributed by atoms with van der Waals surface area (Å²) in [4.78, 5) is 0. The van der Waals surface area contributed by atoms with Crippen molar-refractivity contribution in [2.45, 2.75) is 39.3 Å². The van der Waals surface area contributed by atoms with Crippen LogP contribution in [0.1, 0.15) is 25.0 Å². The number of methoxy groups -OCH3 is 2. The molecular weight excluding hydrogens is 328 g/mol. The molecule has 4 heteroatoms. The van der Waals surface area contributed by atoms with Gasteiger partial charge in [0.1, 0.15) is 17.6 Å². The van der Waals surface area contributed by atoms with E-state index in [1.807, 2.05) is 74.5 Å². The van der Waals surface area contributed by atoms with Gasteiger partial charge in [-0.15, -0.1) is 0 Å². The predicted molar refractivity (Wildman–Crippen MR) is 104 cm³/mol. The lowest BCUT2D eigenvalue weighted by Gasteiger charge is -2.22. The van der Waals surface area contributed by atoms with Gasteiger partial charge in [0.05, 0.1) is 33.5 Å². The van der Waals surface area contributed by atoms with Gasteiger partial charge in [0.25, 0.3) is 0 Å². The van der Waals surface area contributed by atoms with Gasteiger partial charge >= 0.3 is 0 Å². The van der Waals surface area contributed by atoms with Gasteiger partial charge in [-0.05, 0) is 49.2 Å². The SMILES string of the molecule is C/C=C/C(OCc1ccc(OC)cc1)C(C)OCc1ccc(OC)cc1. The second-order valence-corrected chi connectivity index (χ2v) is 6.01. The number of hydrogen-bond donors (Lipinski definition) is 0. The van der Waals surface area contributed by atoms with E-state index in [1.165, 1.54) is 0 Å². The van der Waals surface area contributed by atoms with E-state index in [0.717, 1.165) is 22.6 Å². The van der Waals surface area contributed by atoms with E-state index >= 15 is 0 Å². The third-order valence-electron chi connectivity index (χ3n) is 4.12. The van der Waals surface area contributed by atoms with E-state index in [-0.39, 0.29) is 12.2 Å². The van der Waals surface area contributed by atoms with Crippen LogP contribution in [0.5, 0.6) is 11.5 Å². The molecule has 0 radical (unpaired) electrons. The van der Waals surface area contributed by atoms with Crippen molar-refractivity contribution in [3.05, 3.63) is 71.8 Å². The third kappa shape index (κ3) is 6.21. The standard InChI is InChI=1S/C22H28O4/c1-5-6-22(26-16-19-9-13-21(24-4)14-10-19)17(2)25-15-18-7-11-20(23-3)12-8-18/h5-14,17,22H,15-16H2,1-4H3/b6-5+. The number of rotatable bonds is 10. The molecule has 0 saturated heterocycles. The molecule has 2 unspecified atom stereocenters. The van der Waals surface area contributed by atoms with E-state index in [2.05, 4.69) is 0 Å². The summed E-state index contributed by atoms with van der Waals surface area (Å²) in [5.74, 6) is 1.69. The number of allylic oxidation sites excluding steroid dienone is 1. The summed E-state index contributed by atoms with van der Waals surface area (Å²) in [5, 5.41) is 0. The molecule has 2 atom stereocenters. The van der Waals surface area contributed by atoms with Gasteiger partial charge in [-0.2, -0.15) is 0 Å². The first-order chi connectivity index (χ1) is 12.7. The average Bonchev–Trinajstić information content (AvgIpc) is 2.70. The van der Waals surface area contributed by atoms with Gasteiger partial charge in [0, 0.05) is 0 Å². The molecule has 0 aliphatic carbocycles. The Morgan fingerprint density at radius 3 is 1.65 bits per heavy atom. The molecule has 0 saturated carbocycles. The molecule has 0 aliphatic heterocycles. The summed E-state index contributed by atoms with van der Waals surface area (Å²) in [7, 11) is 3.32. The summed E-state index contributed by atoms with van der Waals surface area (Å²) >= 11 is 0. The lowest BCUT2D eigenvalue weighted by atomic mass is 10.2. The van der Waals surface area contributed by atoms with Crippen LogP contribution < -0.4 is 9.47 Å². The van der Waals surface area contributed by atoms with Crippen molar-refractivity contribution in [3.8, 4) is 11.5 Å². The maximum atomic E-state index is 6.06. The van der Waals surface area contributed by atoms with E-state index in [4.69, 9.17) is 18.9 Å². The second kappa shape index (κ2) is 10.6. The van der Waals surface area contributed by atoms with Crippen molar-refractivity contribution >= 4 is 0 Å². The first-order valence-electron chi connectivity index (χ1n) is 8.78. The lowest BCUT2D eigenvalue weighted by Crippen LogP contribution is -2.27. The Kier molecular flexibility index (Phi) is 8.19. The second-order valence-electron chi connectivity index (χ2n) is 6.01. The van der Waals surface area contributed by atoms with Gasteiger partial charge in [0.2, 0.25) is 0 Å². The van der Waals surface area contributed by atoms with Crippen LogP contribution in [0, 0.1) is 0 Å². The monoisotopic (exact) mass is 356 g/mol. The van der Waals surface area contributed by atoms with Crippen LogP contribution in [0.25, 0.3) is 0 Å². The van der Waals surface area contributed by atoms with Crippen LogP contribution in [0.4, 0.5) is 0 Å². The molecule has 2 aromatic rings. The Hall–Kier alpha value is -2.30. The van der Waals surface area contributed by atoms with E-state index in [9.17, 15) is 0 Å². The summed E-state index contributed by atoms with van der Waals surface area (Å²) in [5.41, 5.74) is 2.20. The predicted octanol–water partition coefficient (Wildman–Crippen LogP) is 4.77. The Bertz CT molecular complexity index is 662. The molecule has 0 heterocycles. The van der Waals surface area contributed by atoms with Crippen LogP contribution >= 0.6 is 0 Å². The molecule has 0 aromatic heterocycles. The number of hydrogen-bond acceptors (Lipinski definition) is 4. The minimum atomic E-state index is -0.111. The Morgan fingerprint density at radius 1 is 0.769 bits per heavy atom. The highest BCUT2D eigenvalue weighted by molar-refractivity contribution is 5.27. The van der Waals surface area contributed by atoms with E-state index in [1.54, 1.807) is 14.2 Å². The zero-order valence-electron chi connectivity index (χ0n) is 16.0. The van der Waals surface area contributed by atoms with Gasteiger partial charge in [0.15, 0.2) is 0 Å². The Morgan fingerprint density at radius 2 is 1.23 bits per heavy atom. The quantitative estimate of drug-likeness (QED) is 0.575. The minimum absolute atomic E-state index is 0.0634. The minimum Gasteiger partial charge on any atom is -0.497 e. The molecule has 0 aliphatic rings. The van der Waals surface area contributed by atoms with Crippen LogP contribution in [-0.2, 0) is 22.7 Å². The van der Waals surface area contributed by atoms with Gasteiger partial charge < -0.3 is 18.9 Å². The molecule has 4 nitrogen and oxygen atoms in total. The van der Waals surface area contributed by atoms with Crippen molar-refractivity contribution in [1.82, 2.24) is 0 Å². The molecule has 2 aromatic carbocycles. The van der Waals surface area contributed by atoms with Crippen molar-refractivity contribution in [3.63, 3.8) is 0 Å². The normalized spacial score (nSPS) is 13.5. The summed E-state index contributed by atoms with van der Waals surface area (Å²) in [6, 6.07) is 15.8. The fraction of sp³-hybridized carbons (Fsp3) is 0.364. The molecule has 140 valence electrons. The molecular formula is C22H28O4. The molecule has 0 fully saturated rings. The topological polar surface area (TPSA) is 36.9 Å². The highest BCUT2D eigenvalue weighted by atomic mass is 16.5. The molecule has 26 heavy (non-hydrogen) atoms. The first kappa shape index (κ1) is 20.0. The molecule has 2 rings (SSSR count). The van der Waals surface area contributed by atoms with E-state index < -0.39 is 0 Å². The van der Waals surface area contributed by atoms with Crippen molar-refractivity contribution in [1.29, 1.82) is 0 Å².